The minimum Gasteiger partial charge on any atom is -0.468 e. The Balaban J connectivity index is 2.47. The SMILES string of the molecule is CNC(C)(CCN1CCS(=O)(=O)CC1)C(=O)OC. The number of rotatable bonds is 5. The van der Waals surface area contributed by atoms with Crippen LogP contribution >= 0.6 is 0 Å². The Morgan fingerprint density at radius 1 is 1.39 bits per heavy atom. The Morgan fingerprint density at radius 2 is 1.94 bits per heavy atom. The first-order valence-corrected chi connectivity index (χ1v) is 7.85. The van der Waals surface area contributed by atoms with Crippen LogP contribution < -0.4 is 5.32 Å². The second-order valence-corrected chi connectivity index (χ2v) is 7.12. The monoisotopic (exact) mass is 278 g/mol. The van der Waals surface area contributed by atoms with Gasteiger partial charge in [-0.15, -0.1) is 0 Å². The predicted molar refractivity (Wildman–Crippen MR) is 69.2 cm³/mol. The summed E-state index contributed by atoms with van der Waals surface area (Å²) >= 11 is 0. The normalized spacial score (nSPS) is 23.3. The third-order valence-corrected chi connectivity index (χ3v) is 5.16. The number of nitrogens with zero attached hydrogens (tertiary/aromatic N) is 1. The van der Waals surface area contributed by atoms with Crippen LogP contribution in [0, 0.1) is 0 Å². The van der Waals surface area contributed by atoms with Crippen LogP contribution in [0.15, 0.2) is 0 Å². The first-order valence-electron chi connectivity index (χ1n) is 6.03. The van der Waals surface area contributed by atoms with Gasteiger partial charge in [-0.2, -0.15) is 0 Å². The van der Waals surface area contributed by atoms with E-state index in [0.29, 0.717) is 26.1 Å². The van der Waals surface area contributed by atoms with Crippen LogP contribution in [0.4, 0.5) is 0 Å². The fourth-order valence-corrected chi connectivity index (χ4v) is 3.19. The highest BCUT2D eigenvalue weighted by Gasteiger charge is 2.33. The molecule has 7 heteroatoms. The van der Waals surface area contributed by atoms with E-state index >= 15 is 0 Å². The average Bonchev–Trinajstić information content (AvgIpc) is 2.36. The molecule has 0 aromatic heterocycles. The van der Waals surface area contributed by atoms with Gasteiger partial charge in [0.2, 0.25) is 0 Å². The van der Waals surface area contributed by atoms with E-state index < -0.39 is 15.4 Å². The van der Waals surface area contributed by atoms with Gasteiger partial charge in [0.15, 0.2) is 9.84 Å². The van der Waals surface area contributed by atoms with E-state index in [9.17, 15) is 13.2 Å². The van der Waals surface area contributed by atoms with Crippen molar-refractivity contribution in [1.29, 1.82) is 0 Å². The van der Waals surface area contributed by atoms with Crippen molar-refractivity contribution in [2.24, 2.45) is 0 Å². The van der Waals surface area contributed by atoms with E-state index in [0.717, 1.165) is 0 Å². The predicted octanol–water partition coefficient (Wildman–Crippen LogP) is -0.742. The summed E-state index contributed by atoms with van der Waals surface area (Å²) in [5.74, 6) is 0.123. The van der Waals surface area contributed by atoms with Crippen LogP contribution in [0.2, 0.25) is 0 Å². The number of nitrogens with one attached hydrogen (secondary N) is 1. The summed E-state index contributed by atoms with van der Waals surface area (Å²) in [7, 11) is 0.241. The summed E-state index contributed by atoms with van der Waals surface area (Å²) < 4.78 is 27.4. The van der Waals surface area contributed by atoms with Gasteiger partial charge in [0, 0.05) is 19.6 Å². The van der Waals surface area contributed by atoms with Gasteiger partial charge in [0.05, 0.1) is 18.6 Å². The van der Waals surface area contributed by atoms with Gasteiger partial charge in [-0.1, -0.05) is 0 Å². The van der Waals surface area contributed by atoms with Crippen molar-refractivity contribution in [3.05, 3.63) is 0 Å². The van der Waals surface area contributed by atoms with E-state index in [1.54, 1.807) is 14.0 Å². The fourth-order valence-electron chi connectivity index (χ4n) is 1.91. The molecular formula is C11H22N2O4S. The molecule has 0 bridgehead atoms. The van der Waals surface area contributed by atoms with Crippen molar-refractivity contribution < 1.29 is 17.9 Å². The van der Waals surface area contributed by atoms with Crippen molar-refractivity contribution in [3.63, 3.8) is 0 Å². The minimum atomic E-state index is -2.84. The second-order valence-electron chi connectivity index (χ2n) is 4.82. The Morgan fingerprint density at radius 3 is 2.39 bits per heavy atom. The van der Waals surface area contributed by atoms with Gasteiger partial charge in [-0.05, 0) is 20.4 Å². The van der Waals surface area contributed by atoms with Gasteiger partial charge < -0.3 is 15.0 Å². The molecule has 18 heavy (non-hydrogen) atoms. The molecular weight excluding hydrogens is 256 g/mol. The van der Waals surface area contributed by atoms with Gasteiger partial charge in [-0.3, -0.25) is 4.79 Å². The summed E-state index contributed by atoms with van der Waals surface area (Å²) in [5, 5.41) is 2.97. The zero-order chi connectivity index (χ0) is 13.8. The van der Waals surface area contributed by atoms with Crippen molar-refractivity contribution >= 4 is 15.8 Å². The number of carbonyl (C=O) groups excluding carboxylic acids is 1. The fraction of sp³-hybridized carbons (Fsp3) is 0.909. The van der Waals surface area contributed by atoms with Crippen LogP contribution in [0.1, 0.15) is 13.3 Å². The van der Waals surface area contributed by atoms with Crippen LogP contribution in [-0.4, -0.2) is 70.1 Å². The molecule has 0 aromatic carbocycles. The van der Waals surface area contributed by atoms with Crippen LogP contribution in [-0.2, 0) is 19.4 Å². The number of methoxy groups -OCH3 is 1. The van der Waals surface area contributed by atoms with Crippen LogP contribution in [0.3, 0.4) is 0 Å². The van der Waals surface area contributed by atoms with E-state index in [1.165, 1.54) is 7.11 Å². The van der Waals surface area contributed by atoms with E-state index in [1.807, 2.05) is 0 Å². The molecule has 1 rings (SSSR count). The summed E-state index contributed by atoms with van der Waals surface area (Å²) in [5.41, 5.74) is -0.717. The number of ether oxygens (including phenoxy) is 1. The molecule has 0 spiro atoms. The molecule has 6 nitrogen and oxygen atoms in total. The molecule has 1 fully saturated rings. The lowest BCUT2D eigenvalue weighted by molar-refractivity contribution is -0.148. The zero-order valence-electron chi connectivity index (χ0n) is 11.2. The standard InChI is InChI=1S/C11H22N2O4S/c1-11(12-2,10(14)17-3)4-5-13-6-8-18(15,16)9-7-13/h12H,4-9H2,1-3H3. The topological polar surface area (TPSA) is 75.7 Å². The Bertz CT molecular complexity index is 382. The van der Waals surface area contributed by atoms with Crippen molar-refractivity contribution in [1.82, 2.24) is 10.2 Å². The molecule has 0 saturated carbocycles. The molecule has 1 N–H and O–H groups in total. The molecule has 0 aliphatic carbocycles. The third-order valence-electron chi connectivity index (χ3n) is 3.55. The number of hydrogen-bond acceptors (Lipinski definition) is 6. The van der Waals surface area contributed by atoms with Crippen molar-refractivity contribution in [3.8, 4) is 0 Å². The second kappa shape index (κ2) is 5.99. The largest absolute Gasteiger partial charge is 0.468 e. The highest BCUT2D eigenvalue weighted by molar-refractivity contribution is 7.91. The highest BCUT2D eigenvalue weighted by atomic mass is 32.2. The molecule has 1 saturated heterocycles. The molecule has 0 amide bonds. The first-order chi connectivity index (χ1) is 8.33. The van der Waals surface area contributed by atoms with Gasteiger partial charge in [0.1, 0.15) is 5.54 Å². The number of esters is 1. The van der Waals surface area contributed by atoms with Gasteiger partial charge in [0.25, 0.3) is 0 Å². The highest BCUT2D eigenvalue weighted by Crippen LogP contribution is 2.13. The van der Waals surface area contributed by atoms with Gasteiger partial charge in [-0.25, -0.2) is 8.42 Å². The van der Waals surface area contributed by atoms with Crippen LogP contribution in [0.25, 0.3) is 0 Å². The van der Waals surface area contributed by atoms with Crippen molar-refractivity contribution in [2.45, 2.75) is 18.9 Å². The maximum Gasteiger partial charge on any atom is 0.325 e. The van der Waals surface area contributed by atoms with E-state index in [-0.39, 0.29) is 17.5 Å². The third kappa shape index (κ3) is 3.93. The van der Waals surface area contributed by atoms with Crippen molar-refractivity contribution in [2.75, 3.05) is 45.3 Å². The molecule has 1 heterocycles. The minimum absolute atomic E-state index is 0.210. The Kier molecular flexibility index (Phi) is 5.12. The van der Waals surface area contributed by atoms with Gasteiger partial charge >= 0.3 is 5.97 Å². The maximum absolute atomic E-state index is 11.6. The molecule has 106 valence electrons. The lowest BCUT2D eigenvalue weighted by Gasteiger charge is -2.31. The van der Waals surface area contributed by atoms with Crippen LogP contribution in [0.5, 0.6) is 0 Å². The number of likely N-dealkylation sites (N-methyl/N-ethyl adjacent to an activating group) is 1. The molecule has 0 aromatic rings. The quantitative estimate of drug-likeness (QED) is 0.668. The molecule has 1 aliphatic rings. The molecule has 1 aliphatic heterocycles. The smallest absolute Gasteiger partial charge is 0.325 e. The van der Waals surface area contributed by atoms with E-state index in [2.05, 4.69) is 10.2 Å². The molecule has 0 radical (unpaired) electrons. The Labute approximate surface area is 109 Å². The number of hydrogen-bond donors (Lipinski definition) is 1. The van der Waals surface area contributed by atoms with E-state index in [4.69, 9.17) is 4.74 Å². The summed E-state index contributed by atoms with van der Waals surface area (Å²) in [6, 6.07) is 0. The average molecular weight is 278 g/mol. The lowest BCUT2D eigenvalue weighted by atomic mass is 9.98. The number of carbonyl (C=O) groups is 1. The summed E-state index contributed by atoms with van der Waals surface area (Å²) in [4.78, 5) is 13.7. The number of sulfone groups is 1. The molecule has 1 atom stereocenters. The summed E-state index contributed by atoms with van der Waals surface area (Å²) in [6.45, 7) is 3.56. The zero-order valence-corrected chi connectivity index (χ0v) is 12.0. The summed E-state index contributed by atoms with van der Waals surface area (Å²) in [6.07, 6.45) is 0.593. The maximum atomic E-state index is 11.6. The Hall–Kier alpha value is -0.660. The molecule has 1 unspecified atom stereocenters. The first kappa shape index (κ1) is 15.4. The lowest BCUT2D eigenvalue weighted by Crippen LogP contribution is -2.51.